The van der Waals surface area contributed by atoms with E-state index in [-0.39, 0.29) is 18.9 Å². The topological polar surface area (TPSA) is 92.7 Å². The van der Waals surface area contributed by atoms with E-state index >= 15 is 0 Å². The average molecular weight is 327 g/mol. The molecule has 0 aliphatic rings. The Morgan fingerprint density at radius 2 is 1.91 bits per heavy atom. The molecule has 0 spiro atoms. The molecule has 0 saturated carbocycles. The summed E-state index contributed by atoms with van der Waals surface area (Å²) in [6, 6.07) is 0. The van der Waals surface area contributed by atoms with Gasteiger partial charge in [-0.15, -0.1) is 11.3 Å². The molecule has 2 N–H and O–H groups in total. The summed E-state index contributed by atoms with van der Waals surface area (Å²) in [6.07, 6.45) is 0.0122. The lowest BCUT2D eigenvalue weighted by Crippen LogP contribution is -2.17. The minimum absolute atomic E-state index is 0.133. The SMILES string of the molecule is CCc1c(C)sc(NC(=O)CCC(=O)O)c1C(=O)OC(C)C. The minimum atomic E-state index is -1.04. The highest BCUT2D eigenvalue weighted by Crippen LogP contribution is 2.34. The van der Waals surface area contributed by atoms with Crippen LogP contribution in [0.4, 0.5) is 5.00 Å². The van der Waals surface area contributed by atoms with Crippen molar-refractivity contribution in [3.05, 3.63) is 16.0 Å². The quantitative estimate of drug-likeness (QED) is 0.751. The van der Waals surface area contributed by atoms with Gasteiger partial charge in [-0.05, 0) is 32.8 Å². The number of esters is 1. The lowest BCUT2D eigenvalue weighted by molar-refractivity contribution is -0.138. The smallest absolute Gasteiger partial charge is 0.341 e. The average Bonchev–Trinajstić information content (AvgIpc) is 2.71. The number of carbonyl (C=O) groups is 3. The van der Waals surface area contributed by atoms with Gasteiger partial charge in [-0.2, -0.15) is 0 Å². The van der Waals surface area contributed by atoms with Crippen LogP contribution in [0.2, 0.25) is 0 Å². The van der Waals surface area contributed by atoms with Crippen LogP contribution in [-0.2, 0) is 20.7 Å². The molecule has 0 saturated heterocycles. The highest BCUT2D eigenvalue weighted by atomic mass is 32.1. The molecular formula is C15H21NO5S. The summed E-state index contributed by atoms with van der Waals surface area (Å²) in [6.45, 7) is 7.32. The molecule has 1 amide bonds. The number of rotatable bonds is 7. The van der Waals surface area contributed by atoms with Crippen LogP contribution < -0.4 is 5.32 Å². The monoisotopic (exact) mass is 327 g/mol. The van der Waals surface area contributed by atoms with E-state index in [0.717, 1.165) is 10.4 Å². The van der Waals surface area contributed by atoms with Gasteiger partial charge in [0.1, 0.15) is 5.00 Å². The Kier molecular flexibility index (Phi) is 6.55. The number of hydrogen-bond donors (Lipinski definition) is 2. The number of hydrogen-bond acceptors (Lipinski definition) is 5. The normalized spacial score (nSPS) is 10.6. The maximum absolute atomic E-state index is 12.3. The molecule has 1 heterocycles. The first-order valence-corrected chi connectivity index (χ1v) is 7.92. The number of carboxylic acids is 1. The van der Waals surface area contributed by atoms with Crippen molar-refractivity contribution in [1.29, 1.82) is 0 Å². The molecular weight excluding hydrogens is 306 g/mol. The van der Waals surface area contributed by atoms with E-state index in [0.29, 0.717) is 17.0 Å². The second-order valence-electron chi connectivity index (χ2n) is 5.09. The summed E-state index contributed by atoms with van der Waals surface area (Å²) in [4.78, 5) is 35.5. The van der Waals surface area contributed by atoms with Gasteiger partial charge in [0.25, 0.3) is 0 Å². The van der Waals surface area contributed by atoms with E-state index in [1.54, 1.807) is 13.8 Å². The molecule has 0 radical (unpaired) electrons. The number of nitrogens with one attached hydrogen (secondary N) is 1. The fraction of sp³-hybridized carbons (Fsp3) is 0.533. The zero-order valence-corrected chi connectivity index (χ0v) is 14.0. The predicted octanol–water partition coefficient (Wildman–Crippen LogP) is 2.99. The van der Waals surface area contributed by atoms with E-state index in [1.807, 2.05) is 13.8 Å². The highest BCUT2D eigenvalue weighted by molar-refractivity contribution is 7.16. The van der Waals surface area contributed by atoms with E-state index < -0.39 is 17.8 Å². The van der Waals surface area contributed by atoms with Crippen LogP contribution in [0.3, 0.4) is 0 Å². The van der Waals surface area contributed by atoms with Crippen molar-refractivity contribution in [2.24, 2.45) is 0 Å². The van der Waals surface area contributed by atoms with Crippen molar-refractivity contribution in [2.45, 2.75) is 53.1 Å². The first-order valence-electron chi connectivity index (χ1n) is 7.11. The van der Waals surface area contributed by atoms with Crippen molar-refractivity contribution >= 4 is 34.2 Å². The van der Waals surface area contributed by atoms with Crippen LogP contribution in [0.15, 0.2) is 0 Å². The molecule has 0 aliphatic heterocycles. The highest BCUT2D eigenvalue weighted by Gasteiger charge is 2.24. The van der Waals surface area contributed by atoms with Crippen molar-refractivity contribution < 1.29 is 24.2 Å². The van der Waals surface area contributed by atoms with Crippen molar-refractivity contribution in [1.82, 2.24) is 0 Å². The van der Waals surface area contributed by atoms with Gasteiger partial charge in [0.2, 0.25) is 5.91 Å². The summed E-state index contributed by atoms with van der Waals surface area (Å²) in [7, 11) is 0. The Hall–Kier alpha value is -1.89. The molecule has 0 unspecified atom stereocenters. The fourth-order valence-electron chi connectivity index (χ4n) is 1.99. The number of thiophene rings is 1. The zero-order valence-electron chi connectivity index (χ0n) is 13.2. The Morgan fingerprint density at radius 3 is 2.41 bits per heavy atom. The van der Waals surface area contributed by atoms with Crippen LogP contribution >= 0.6 is 11.3 Å². The third-order valence-electron chi connectivity index (χ3n) is 2.93. The van der Waals surface area contributed by atoms with Gasteiger partial charge >= 0.3 is 11.9 Å². The molecule has 0 bridgehead atoms. The Morgan fingerprint density at radius 1 is 1.27 bits per heavy atom. The first-order chi connectivity index (χ1) is 10.3. The fourth-order valence-corrected chi connectivity index (χ4v) is 3.14. The number of carbonyl (C=O) groups excluding carboxylic acids is 2. The number of aryl methyl sites for hydroxylation is 1. The molecule has 22 heavy (non-hydrogen) atoms. The lowest BCUT2D eigenvalue weighted by atomic mass is 10.1. The van der Waals surface area contributed by atoms with Gasteiger partial charge in [-0.25, -0.2) is 4.79 Å². The minimum Gasteiger partial charge on any atom is -0.481 e. The van der Waals surface area contributed by atoms with Gasteiger partial charge in [0, 0.05) is 11.3 Å². The summed E-state index contributed by atoms with van der Waals surface area (Å²) in [5, 5.41) is 11.7. The number of amides is 1. The molecule has 1 aromatic rings. The lowest BCUT2D eigenvalue weighted by Gasteiger charge is -2.11. The maximum atomic E-state index is 12.3. The number of ether oxygens (including phenoxy) is 1. The van der Waals surface area contributed by atoms with Crippen LogP contribution in [0.1, 0.15) is 54.4 Å². The van der Waals surface area contributed by atoms with Crippen molar-refractivity contribution in [3.63, 3.8) is 0 Å². The van der Waals surface area contributed by atoms with Gasteiger partial charge in [0.15, 0.2) is 0 Å². The van der Waals surface area contributed by atoms with Crippen LogP contribution in [0.25, 0.3) is 0 Å². The van der Waals surface area contributed by atoms with Gasteiger partial charge < -0.3 is 15.2 Å². The van der Waals surface area contributed by atoms with E-state index in [9.17, 15) is 14.4 Å². The molecule has 1 rings (SSSR count). The maximum Gasteiger partial charge on any atom is 0.341 e. The number of anilines is 1. The standard InChI is InChI=1S/C15H21NO5S/c1-5-10-9(4)22-14(13(10)15(20)21-8(2)3)16-11(17)6-7-12(18)19/h8H,5-7H2,1-4H3,(H,16,17)(H,18,19). The van der Waals surface area contributed by atoms with Crippen molar-refractivity contribution in [3.8, 4) is 0 Å². The Bertz CT molecular complexity index is 577. The van der Waals surface area contributed by atoms with Gasteiger partial charge in [0.05, 0.1) is 18.1 Å². The predicted molar refractivity (Wildman–Crippen MR) is 84.5 cm³/mol. The Labute approximate surface area is 133 Å². The molecule has 122 valence electrons. The molecule has 6 nitrogen and oxygen atoms in total. The largest absolute Gasteiger partial charge is 0.481 e. The summed E-state index contributed by atoms with van der Waals surface area (Å²) >= 11 is 1.30. The zero-order chi connectivity index (χ0) is 16.9. The molecule has 0 aliphatic carbocycles. The second kappa shape index (κ2) is 7.93. The first kappa shape index (κ1) is 18.2. The van der Waals surface area contributed by atoms with Crippen LogP contribution in [0.5, 0.6) is 0 Å². The van der Waals surface area contributed by atoms with E-state index in [4.69, 9.17) is 9.84 Å². The molecule has 0 aromatic carbocycles. The summed E-state index contributed by atoms with van der Waals surface area (Å²) in [5.41, 5.74) is 1.23. The van der Waals surface area contributed by atoms with Crippen LogP contribution in [0, 0.1) is 6.92 Å². The van der Waals surface area contributed by atoms with Crippen LogP contribution in [-0.4, -0.2) is 29.1 Å². The number of carboxylic acid groups (broad SMARTS) is 1. The van der Waals surface area contributed by atoms with Gasteiger partial charge in [-0.3, -0.25) is 9.59 Å². The van der Waals surface area contributed by atoms with Crippen molar-refractivity contribution in [2.75, 3.05) is 5.32 Å². The number of aliphatic carboxylic acids is 1. The summed E-state index contributed by atoms with van der Waals surface area (Å²) < 4.78 is 5.23. The van der Waals surface area contributed by atoms with E-state index in [2.05, 4.69) is 5.32 Å². The Balaban J connectivity index is 3.01. The third kappa shape index (κ3) is 4.84. The van der Waals surface area contributed by atoms with Gasteiger partial charge in [-0.1, -0.05) is 6.92 Å². The molecule has 0 atom stereocenters. The summed E-state index contributed by atoms with van der Waals surface area (Å²) in [5.74, 6) is -1.93. The second-order valence-corrected chi connectivity index (χ2v) is 6.32. The molecule has 0 fully saturated rings. The third-order valence-corrected chi connectivity index (χ3v) is 3.99. The molecule has 7 heteroatoms. The van der Waals surface area contributed by atoms with E-state index in [1.165, 1.54) is 11.3 Å². The molecule has 1 aromatic heterocycles.